The van der Waals surface area contributed by atoms with Crippen molar-refractivity contribution in [3.05, 3.63) is 158 Å². The minimum atomic E-state index is -0.211. The van der Waals surface area contributed by atoms with E-state index in [1.165, 1.54) is 12.1 Å². The third-order valence-corrected chi connectivity index (χ3v) is 7.40. The van der Waals surface area contributed by atoms with E-state index in [2.05, 4.69) is 0 Å². The zero-order valence-electron chi connectivity index (χ0n) is 22.0. The summed E-state index contributed by atoms with van der Waals surface area (Å²) >= 11 is 12.0. The molecule has 1 aliphatic heterocycles. The zero-order valence-corrected chi connectivity index (χ0v) is 23.5. The molecule has 0 bridgehead atoms. The third-order valence-electron chi connectivity index (χ3n) is 6.66. The molecule has 5 rings (SSSR count). The molecule has 0 N–H and O–H groups in total. The van der Waals surface area contributed by atoms with Crippen LogP contribution in [0.3, 0.4) is 0 Å². The Morgan fingerprint density at radius 3 is 1.71 bits per heavy atom. The van der Waals surface area contributed by atoms with Crippen molar-refractivity contribution in [2.45, 2.75) is 0 Å². The molecule has 0 atom stereocenters. The molecule has 0 saturated carbocycles. The Bertz CT molecular complexity index is 1630. The first-order valence-corrected chi connectivity index (χ1v) is 13.8. The van der Waals surface area contributed by atoms with E-state index < -0.39 is 0 Å². The van der Waals surface area contributed by atoms with Crippen LogP contribution in [0.4, 0.5) is 0 Å². The molecule has 6 heteroatoms. The number of carbonyl (C=O) groups excluding carboxylic acids is 3. The minimum Gasteiger partial charge on any atom is -0.330 e. The van der Waals surface area contributed by atoms with E-state index in [-0.39, 0.29) is 30.6 Å². The molecule has 0 spiro atoms. The number of Topliss-reactive ketones (excluding diaryl/α,β-unsaturated/α-hetero) is 1. The van der Waals surface area contributed by atoms with Gasteiger partial charge in [0.1, 0.15) is 0 Å². The molecule has 1 fully saturated rings. The molecule has 202 valence electrons. The van der Waals surface area contributed by atoms with Crippen molar-refractivity contribution in [2.75, 3.05) is 13.1 Å². The molecule has 4 nitrogen and oxygen atoms in total. The molecular formula is C35H25Cl2NO3. The fraction of sp³-hybridized carbons (Fsp3) is 0.0571. The van der Waals surface area contributed by atoms with Crippen LogP contribution >= 0.6 is 23.2 Å². The van der Waals surface area contributed by atoms with Gasteiger partial charge in [0.05, 0.1) is 23.1 Å². The number of likely N-dealkylation sites (tertiary alicyclic amines) is 1. The summed E-state index contributed by atoms with van der Waals surface area (Å²) in [5.41, 5.74) is 4.59. The molecule has 0 aliphatic carbocycles. The Balaban J connectivity index is 1.36. The van der Waals surface area contributed by atoms with Gasteiger partial charge in [-0.05, 0) is 65.3 Å². The van der Waals surface area contributed by atoms with Gasteiger partial charge in [0.2, 0.25) is 0 Å². The van der Waals surface area contributed by atoms with Gasteiger partial charge in [0, 0.05) is 22.3 Å². The van der Waals surface area contributed by atoms with E-state index in [1.54, 1.807) is 47.4 Å². The molecule has 1 aliphatic rings. The lowest BCUT2D eigenvalue weighted by molar-refractivity contribution is -0.113. The monoisotopic (exact) mass is 577 g/mol. The summed E-state index contributed by atoms with van der Waals surface area (Å²) in [7, 11) is 0. The summed E-state index contributed by atoms with van der Waals surface area (Å²) in [5, 5.41) is 0.701. The highest BCUT2D eigenvalue weighted by Crippen LogP contribution is 2.25. The highest BCUT2D eigenvalue weighted by molar-refractivity contribution is 6.42. The van der Waals surface area contributed by atoms with Crippen molar-refractivity contribution in [1.82, 2.24) is 4.90 Å². The zero-order chi connectivity index (χ0) is 28.8. The lowest BCUT2D eigenvalue weighted by Crippen LogP contribution is -2.41. The van der Waals surface area contributed by atoms with Gasteiger partial charge < -0.3 is 4.90 Å². The van der Waals surface area contributed by atoms with E-state index >= 15 is 0 Å². The van der Waals surface area contributed by atoms with Gasteiger partial charge in [-0.15, -0.1) is 0 Å². The van der Waals surface area contributed by atoms with Crippen molar-refractivity contribution in [3.8, 4) is 0 Å². The largest absolute Gasteiger partial charge is 0.330 e. The number of allylic oxidation sites excluding steroid dienone is 1. The van der Waals surface area contributed by atoms with Gasteiger partial charge in [-0.1, -0.05) is 102 Å². The Morgan fingerprint density at radius 1 is 0.634 bits per heavy atom. The van der Waals surface area contributed by atoms with E-state index in [9.17, 15) is 14.4 Å². The molecule has 1 heterocycles. The maximum absolute atomic E-state index is 13.6. The summed E-state index contributed by atoms with van der Waals surface area (Å²) in [6.07, 6.45) is 6.83. The molecule has 41 heavy (non-hydrogen) atoms. The van der Waals surface area contributed by atoms with Crippen LogP contribution in [0.25, 0.3) is 18.2 Å². The van der Waals surface area contributed by atoms with Crippen LogP contribution in [0.2, 0.25) is 10.0 Å². The molecule has 1 amide bonds. The summed E-state index contributed by atoms with van der Waals surface area (Å²) in [4.78, 5) is 41.2. The van der Waals surface area contributed by atoms with Crippen LogP contribution in [0.5, 0.6) is 0 Å². The maximum Gasteiger partial charge on any atom is 0.254 e. The number of piperidine rings is 1. The van der Waals surface area contributed by atoms with Crippen LogP contribution in [0, 0.1) is 0 Å². The number of amides is 1. The summed E-state index contributed by atoms with van der Waals surface area (Å²) < 4.78 is 0. The number of ketones is 2. The van der Waals surface area contributed by atoms with Crippen LogP contribution in [-0.2, 0) is 4.79 Å². The number of rotatable bonds is 6. The topological polar surface area (TPSA) is 54.5 Å². The van der Waals surface area contributed by atoms with Crippen molar-refractivity contribution in [1.29, 1.82) is 0 Å². The summed E-state index contributed by atoms with van der Waals surface area (Å²) in [5.74, 6) is -0.455. The Morgan fingerprint density at radius 2 is 1.17 bits per heavy atom. The van der Waals surface area contributed by atoms with E-state index in [4.69, 9.17) is 23.2 Å². The van der Waals surface area contributed by atoms with E-state index in [0.29, 0.717) is 32.3 Å². The van der Waals surface area contributed by atoms with Crippen molar-refractivity contribution >= 4 is 58.9 Å². The number of nitrogens with zero attached hydrogens (tertiary/aromatic N) is 1. The van der Waals surface area contributed by atoms with Crippen LogP contribution < -0.4 is 0 Å². The predicted octanol–water partition coefficient (Wildman–Crippen LogP) is 8.08. The SMILES string of the molecule is O=C1/C(=C/c2ccccc2)CN(C(=O)c2ccc(/C=C/C(=O)c3ccc(Cl)c(Cl)c3)cc2)C/C1=C\c1ccccc1. The molecule has 0 unspecified atom stereocenters. The highest BCUT2D eigenvalue weighted by atomic mass is 35.5. The fourth-order valence-corrected chi connectivity index (χ4v) is 4.82. The summed E-state index contributed by atoms with van der Waals surface area (Å²) in [6.45, 7) is 0.414. The van der Waals surface area contributed by atoms with Crippen molar-refractivity contribution in [2.24, 2.45) is 0 Å². The normalized spacial score (nSPS) is 15.6. The first-order chi connectivity index (χ1) is 19.9. The quantitative estimate of drug-likeness (QED) is 0.172. The van der Waals surface area contributed by atoms with E-state index in [0.717, 1.165) is 16.7 Å². The molecule has 0 aromatic heterocycles. The second-order valence-electron chi connectivity index (χ2n) is 9.60. The van der Waals surface area contributed by atoms with Gasteiger partial charge in [-0.3, -0.25) is 14.4 Å². The number of carbonyl (C=O) groups is 3. The standard InChI is InChI=1S/C35H25Cl2NO3/c36-31-17-16-28(21-32(31)37)33(39)18-13-24-11-14-27(15-12-24)35(41)38-22-29(19-25-7-3-1-4-8-25)34(40)30(23-38)20-26-9-5-2-6-10-26/h1-21H,22-23H2/b18-13+,29-19+,30-20+. The number of hydrogen-bond acceptors (Lipinski definition) is 3. The smallest absolute Gasteiger partial charge is 0.254 e. The van der Waals surface area contributed by atoms with Gasteiger partial charge in [-0.2, -0.15) is 0 Å². The molecule has 4 aromatic carbocycles. The maximum atomic E-state index is 13.6. The van der Waals surface area contributed by atoms with Crippen LogP contribution in [0.15, 0.2) is 120 Å². The lowest BCUT2D eigenvalue weighted by atomic mass is 9.93. The average molecular weight is 578 g/mol. The Kier molecular flexibility index (Phi) is 8.73. The minimum absolute atomic E-state index is 0.0612. The van der Waals surface area contributed by atoms with Crippen molar-refractivity contribution < 1.29 is 14.4 Å². The fourth-order valence-electron chi connectivity index (χ4n) is 4.52. The van der Waals surface area contributed by atoms with Crippen LogP contribution in [-0.4, -0.2) is 35.5 Å². The second-order valence-corrected chi connectivity index (χ2v) is 10.4. The van der Waals surface area contributed by atoms with Gasteiger partial charge >= 0.3 is 0 Å². The van der Waals surface area contributed by atoms with Gasteiger partial charge in [0.15, 0.2) is 11.6 Å². The number of hydrogen-bond donors (Lipinski definition) is 0. The Labute approximate surface area is 248 Å². The number of halogens is 2. The molecule has 1 saturated heterocycles. The molecule has 0 radical (unpaired) electrons. The second kappa shape index (κ2) is 12.8. The first kappa shape index (κ1) is 28.0. The average Bonchev–Trinajstić information content (AvgIpc) is 3.00. The summed E-state index contributed by atoms with van der Waals surface area (Å²) in [6, 6.07) is 31.0. The van der Waals surface area contributed by atoms with Crippen LogP contribution in [0.1, 0.15) is 37.4 Å². The Hall–Kier alpha value is -4.51. The van der Waals surface area contributed by atoms with Gasteiger partial charge in [-0.25, -0.2) is 0 Å². The number of benzene rings is 4. The molecule has 4 aromatic rings. The highest BCUT2D eigenvalue weighted by Gasteiger charge is 2.29. The molecular weight excluding hydrogens is 553 g/mol. The third kappa shape index (κ3) is 6.98. The van der Waals surface area contributed by atoms with Gasteiger partial charge in [0.25, 0.3) is 5.91 Å². The first-order valence-electron chi connectivity index (χ1n) is 13.0. The lowest BCUT2D eigenvalue weighted by Gasteiger charge is -2.30. The van der Waals surface area contributed by atoms with E-state index in [1.807, 2.05) is 72.8 Å². The van der Waals surface area contributed by atoms with Crippen molar-refractivity contribution in [3.63, 3.8) is 0 Å². The predicted molar refractivity (Wildman–Crippen MR) is 166 cm³/mol.